The number of ether oxygens (including phenoxy) is 1. The molecule has 1 aliphatic heterocycles. The number of hydrogen-bond donors (Lipinski definition) is 0. The Bertz CT molecular complexity index is 820. The third kappa shape index (κ3) is 2.09. The Labute approximate surface area is 129 Å². The van der Waals surface area contributed by atoms with Crippen LogP contribution in [0.5, 0.6) is 0 Å². The average molecular weight is 286 g/mol. The molecule has 1 atom stereocenters. The highest BCUT2D eigenvalue weighted by Gasteiger charge is 2.31. The summed E-state index contributed by atoms with van der Waals surface area (Å²) in [6.45, 7) is 0. The molecule has 1 heterocycles. The van der Waals surface area contributed by atoms with E-state index in [2.05, 4.69) is 24.3 Å². The summed E-state index contributed by atoms with van der Waals surface area (Å²) in [7, 11) is 0. The van der Waals surface area contributed by atoms with Crippen LogP contribution in [0.1, 0.15) is 27.6 Å². The molecule has 0 N–H and O–H groups in total. The van der Waals surface area contributed by atoms with Crippen LogP contribution in [-0.2, 0) is 4.74 Å². The van der Waals surface area contributed by atoms with Crippen LogP contribution < -0.4 is 0 Å². The molecule has 22 heavy (non-hydrogen) atoms. The Morgan fingerprint density at radius 2 is 1.32 bits per heavy atom. The van der Waals surface area contributed by atoms with Gasteiger partial charge in [0.05, 0.1) is 5.56 Å². The maximum absolute atomic E-state index is 11.9. The van der Waals surface area contributed by atoms with Crippen molar-refractivity contribution in [1.82, 2.24) is 0 Å². The number of hydrogen-bond acceptors (Lipinski definition) is 2. The van der Waals surface area contributed by atoms with E-state index < -0.39 is 0 Å². The second kappa shape index (κ2) is 5.15. The predicted molar refractivity (Wildman–Crippen MR) is 85.6 cm³/mol. The molecule has 0 fully saturated rings. The van der Waals surface area contributed by atoms with Crippen LogP contribution in [-0.4, -0.2) is 5.97 Å². The molecule has 0 aromatic heterocycles. The van der Waals surface area contributed by atoms with Gasteiger partial charge in [-0.1, -0.05) is 72.8 Å². The molecule has 4 rings (SSSR count). The van der Waals surface area contributed by atoms with Crippen LogP contribution in [0.3, 0.4) is 0 Å². The lowest BCUT2D eigenvalue weighted by molar-refractivity contribution is 0.0456. The maximum atomic E-state index is 11.9. The van der Waals surface area contributed by atoms with E-state index in [1.165, 1.54) is 5.56 Å². The Morgan fingerprint density at radius 3 is 2.09 bits per heavy atom. The number of carbonyl (C=O) groups excluding carboxylic acids is 1. The molecule has 0 amide bonds. The molecule has 2 nitrogen and oxygen atoms in total. The first-order valence-corrected chi connectivity index (χ1v) is 7.28. The lowest BCUT2D eigenvalue weighted by Crippen LogP contribution is -2.00. The van der Waals surface area contributed by atoms with Gasteiger partial charge >= 0.3 is 5.97 Å². The van der Waals surface area contributed by atoms with Crippen molar-refractivity contribution in [3.63, 3.8) is 0 Å². The molecule has 1 aliphatic rings. The summed E-state index contributed by atoms with van der Waals surface area (Å²) in [5.74, 6) is -0.243. The van der Waals surface area contributed by atoms with Crippen molar-refractivity contribution in [2.45, 2.75) is 6.10 Å². The van der Waals surface area contributed by atoms with Gasteiger partial charge in [-0.25, -0.2) is 4.79 Å². The van der Waals surface area contributed by atoms with Gasteiger partial charge in [0.1, 0.15) is 0 Å². The molecular weight excluding hydrogens is 272 g/mol. The third-order valence-corrected chi connectivity index (χ3v) is 4.01. The molecule has 0 spiro atoms. The van der Waals surface area contributed by atoms with E-state index in [1.807, 2.05) is 54.6 Å². The highest BCUT2D eigenvalue weighted by atomic mass is 16.5. The summed E-state index contributed by atoms with van der Waals surface area (Å²) in [6.07, 6.45) is -0.298. The van der Waals surface area contributed by atoms with Crippen LogP contribution >= 0.6 is 0 Å². The molecule has 0 aliphatic carbocycles. The van der Waals surface area contributed by atoms with E-state index in [-0.39, 0.29) is 12.1 Å². The first-order valence-electron chi connectivity index (χ1n) is 7.28. The van der Waals surface area contributed by atoms with Crippen molar-refractivity contribution in [3.8, 4) is 11.1 Å². The molecular formula is C20H14O2. The van der Waals surface area contributed by atoms with Crippen LogP contribution in [0, 0.1) is 0 Å². The van der Waals surface area contributed by atoms with Gasteiger partial charge in [-0.15, -0.1) is 0 Å². The normalized spacial score (nSPS) is 16.2. The molecule has 0 bridgehead atoms. The highest BCUT2D eigenvalue weighted by molar-refractivity contribution is 5.94. The third-order valence-electron chi connectivity index (χ3n) is 4.01. The van der Waals surface area contributed by atoms with Crippen molar-refractivity contribution in [2.24, 2.45) is 0 Å². The van der Waals surface area contributed by atoms with Crippen molar-refractivity contribution < 1.29 is 9.53 Å². The minimum absolute atomic E-state index is 0.243. The van der Waals surface area contributed by atoms with Crippen molar-refractivity contribution >= 4 is 5.97 Å². The van der Waals surface area contributed by atoms with Crippen LogP contribution in [0.4, 0.5) is 0 Å². The zero-order valence-corrected chi connectivity index (χ0v) is 11.9. The van der Waals surface area contributed by atoms with Gasteiger partial charge in [-0.05, 0) is 22.8 Å². The number of rotatable bonds is 2. The molecule has 3 aromatic rings. The van der Waals surface area contributed by atoms with Crippen molar-refractivity contribution in [3.05, 3.63) is 95.6 Å². The van der Waals surface area contributed by atoms with Gasteiger partial charge in [-0.2, -0.15) is 0 Å². The standard InChI is InChI=1S/C20H14O2/c21-20-18-9-5-4-8-17(18)19(22-20)16-12-10-15(11-13-16)14-6-2-1-3-7-14/h1-13,19H/t19-/m1/s1. The number of fused-ring (bicyclic) bond motifs is 1. The maximum Gasteiger partial charge on any atom is 0.339 e. The number of carbonyl (C=O) groups is 1. The van der Waals surface area contributed by atoms with Crippen molar-refractivity contribution in [1.29, 1.82) is 0 Å². The van der Waals surface area contributed by atoms with Crippen molar-refractivity contribution in [2.75, 3.05) is 0 Å². The summed E-state index contributed by atoms with van der Waals surface area (Å²) >= 11 is 0. The number of cyclic esters (lactones) is 1. The summed E-state index contributed by atoms with van der Waals surface area (Å²) in [5, 5.41) is 0. The van der Waals surface area contributed by atoms with E-state index in [4.69, 9.17) is 4.74 Å². The zero-order valence-electron chi connectivity index (χ0n) is 11.9. The van der Waals surface area contributed by atoms with Gasteiger partial charge in [0.15, 0.2) is 6.10 Å². The van der Waals surface area contributed by atoms with Gasteiger partial charge in [0, 0.05) is 5.56 Å². The van der Waals surface area contributed by atoms with E-state index in [0.717, 1.165) is 16.7 Å². The average Bonchev–Trinajstić information content (AvgIpc) is 2.93. The quantitative estimate of drug-likeness (QED) is 0.643. The summed E-state index contributed by atoms with van der Waals surface area (Å²) < 4.78 is 5.52. The van der Waals surface area contributed by atoms with Gasteiger partial charge in [-0.3, -0.25) is 0 Å². The summed E-state index contributed by atoms with van der Waals surface area (Å²) in [5.41, 5.74) is 4.94. The minimum Gasteiger partial charge on any atom is -0.449 e. The van der Waals surface area contributed by atoms with E-state index in [0.29, 0.717) is 5.56 Å². The molecule has 0 saturated carbocycles. The predicted octanol–water partition coefficient (Wildman–Crippen LogP) is 4.61. The number of esters is 1. The Hall–Kier alpha value is -2.87. The monoisotopic (exact) mass is 286 g/mol. The van der Waals surface area contributed by atoms with E-state index in [9.17, 15) is 4.79 Å². The fourth-order valence-corrected chi connectivity index (χ4v) is 2.87. The summed E-state index contributed by atoms with van der Waals surface area (Å²) in [6, 6.07) is 26.0. The molecule has 0 radical (unpaired) electrons. The van der Waals surface area contributed by atoms with Crippen LogP contribution in [0.15, 0.2) is 78.9 Å². The summed E-state index contributed by atoms with van der Waals surface area (Å²) in [4.78, 5) is 11.9. The molecule has 2 heteroatoms. The fraction of sp³-hybridized carbons (Fsp3) is 0.0500. The zero-order chi connectivity index (χ0) is 14.9. The second-order valence-corrected chi connectivity index (χ2v) is 5.36. The second-order valence-electron chi connectivity index (χ2n) is 5.36. The number of benzene rings is 3. The lowest BCUT2D eigenvalue weighted by Gasteiger charge is -2.12. The Kier molecular flexibility index (Phi) is 3.01. The van der Waals surface area contributed by atoms with E-state index >= 15 is 0 Å². The topological polar surface area (TPSA) is 26.3 Å². The smallest absolute Gasteiger partial charge is 0.339 e. The minimum atomic E-state index is -0.298. The molecule has 0 saturated heterocycles. The molecule has 3 aromatic carbocycles. The Morgan fingerprint density at radius 1 is 0.682 bits per heavy atom. The van der Waals surface area contributed by atoms with Crippen LogP contribution in [0.25, 0.3) is 11.1 Å². The van der Waals surface area contributed by atoms with Gasteiger partial charge < -0.3 is 4.74 Å². The largest absolute Gasteiger partial charge is 0.449 e. The van der Waals surface area contributed by atoms with E-state index in [1.54, 1.807) is 0 Å². The highest BCUT2D eigenvalue weighted by Crippen LogP contribution is 2.36. The molecule has 0 unspecified atom stereocenters. The lowest BCUT2D eigenvalue weighted by atomic mass is 9.97. The fourth-order valence-electron chi connectivity index (χ4n) is 2.87. The molecule has 106 valence electrons. The van der Waals surface area contributed by atoms with Gasteiger partial charge in [0.25, 0.3) is 0 Å². The Balaban J connectivity index is 1.69. The SMILES string of the molecule is O=C1O[C@H](c2ccc(-c3ccccc3)cc2)c2ccccc21. The van der Waals surface area contributed by atoms with Crippen LogP contribution in [0.2, 0.25) is 0 Å². The first-order chi connectivity index (χ1) is 10.8. The van der Waals surface area contributed by atoms with Gasteiger partial charge in [0.2, 0.25) is 0 Å². The first kappa shape index (κ1) is 12.8.